The maximum Gasteiger partial charge on any atom is 0.221 e. The molecule has 0 saturated heterocycles. The summed E-state index contributed by atoms with van der Waals surface area (Å²) >= 11 is 0. The number of benzene rings is 1. The minimum absolute atomic E-state index is 0.0402. The molecule has 8 N–H and O–H groups in total. The van der Waals surface area contributed by atoms with Gasteiger partial charge in [0, 0.05) is 5.69 Å². The molecule has 0 fully saturated rings. The van der Waals surface area contributed by atoms with E-state index in [1.807, 2.05) is 30.3 Å². The van der Waals surface area contributed by atoms with Crippen LogP contribution in [0.3, 0.4) is 0 Å². The molecular weight excluding hydrogens is 232 g/mol. The molecule has 18 heavy (non-hydrogen) atoms. The molecule has 8 nitrogen and oxygen atoms in total. The van der Waals surface area contributed by atoms with Gasteiger partial charge in [0.15, 0.2) is 12.2 Å². The lowest BCUT2D eigenvalue weighted by Crippen LogP contribution is -2.56. The molecule has 1 heterocycles. The Morgan fingerprint density at radius 2 is 2.00 bits per heavy atom. The van der Waals surface area contributed by atoms with Gasteiger partial charge >= 0.3 is 0 Å². The summed E-state index contributed by atoms with van der Waals surface area (Å²) in [5, 5.41) is 9.84. The van der Waals surface area contributed by atoms with E-state index in [-0.39, 0.29) is 17.9 Å². The van der Waals surface area contributed by atoms with Gasteiger partial charge < -0.3 is 11.5 Å². The van der Waals surface area contributed by atoms with Crippen LogP contribution in [0.25, 0.3) is 0 Å². The third-order valence-corrected chi connectivity index (χ3v) is 2.26. The van der Waals surface area contributed by atoms with Crippen LogP contribution >= 0.6 is 0 Å². The number of nitrogens with zero attached hydrogens (tertiary/aromatic N) is 3. The van der Waals surface area contributed by atoms with Crippen molar-refractivity contribution in [1.82, 2.24) is 5.32 Å². The number of nitrogens with one attached hydrogen (secondary N) is 2. The highest BCUT2D eigenvalue weighted by Gasteiger charge is 2.24. The summed E-state index contributed by atoms with van der Waals surface area (Å²) in [5.74, 6) is 0.0590. The molecule has 0 spiro atoms. The van der Waals surface area contributed by atoms with Crippen LogP contribution in [0.2, 0.25) is 0 Å². The topological polar surface area (TPSA) is 142 Å². The second-order valence-electron chi connectivity index (χ2n) is 3.58. The molecule has 0 aromatic heterocycles. The van der Waals surface area contributed by atoms with E-state index in [4.69, 9.17) is 22.6 Å². The third-order valence-electron chi connectivity index (χ3n) is 2.26. The Kier molecular flexibility index (Phi) is 3.11. The molecule has 2 rings (SSSR count). The lowest BCUT2D eigenvalue weighted by atomic mass is 10.3. The van der Waals surface area contributed by atoms with Crippen LogP contribution in [0.15, 0.2) is 40.3 Å². The Balaban J connectivity index is 2.38. The maximum atomic E-state index is 7.25. The van der Waals surface area contributed by atoms with Crippen LogP contribution in [0, 0.1) is 5.41 Å². The fraction of sp³-hybridized carbons (Fsp3) is 0.100. The first-order valence-electron chi connectivity index (χ1n) is 5.21. The van der Waals surface area contributed by atoms with Gasteiger partial charge in [-0.2, -0.15) is 4.99 Å². The predicted octanol–water partition coefficient (Wildman–Crippen LogP) is -1.10. The molecule has 0 amide bonds. The summed E-state index contributed by atoms with van der Waals surface area (Å²) in [6.45, 7) is 0. The van der Waals surface area contributed by atoms with Gasteiger partial charge in [-0.25, -0.2) is 4.99 Å². The Labute approximate surface area is 104 Å². The Hall–Kier alpha value is -2.61. The van der Waals surface area contributed by atoms with Crippen LogP contribution in [0.5, 0.6) is 0 Å². The molecular formula is C10H14N8. The lowest BCUT2D eigenvalue weighted by molar-refractivity contribution is 0.712. The molecule has 0 bridgehead atoms. The predicted molar refractivity (Wildman–Crippen MR) is 71.0 cm³/mol. The zero-order chi connectivity index (χ0) is 13.1. The number of anilines is 1. The summed E-state index contributed by atoms with van der Waals surface area (Å²) in [5.41, 5.74) is 17.5. The van der Waals surface area contributed by atoms with Crippen LogP contribution in [0.1, 0.15) is 0 Å². The van der Waals surface area contributed by atoms with Crippen LogP contribution in [-0.4, -0.2) is 24.2 Å². The lowest BCUT2D eigenvalue weighted by Gasteiger charge is -2.31. The van der Waals surface area contributed by atoms with Crippen LogP contribution < -0.4 is 27.4 Å². The van der Waals surface area contributed by atoms with E-state index in [1.165, 1.54) is 0 Å². The quantitative estimate of drug-likeness (QED) is 0.316. The fourth-order valence-corrected chi connectivity index (χ4v) is 1.58. The minimum atomic E-state index is -0.716. The first-order chi connectivity index (χ1) is 8.58. The van der Waals surface area contributed by atoms with Gasteiger partial charge in [0.2, 0.25) is 11.9 Å². The number of hydrogen-bond acceptors (Lipinski definition) is 6. The SMILES string of the molecule is N=C(N)NC1=NC(N)=NC(N)N1c1ccccc1. The normalized spacial score (nSPS) is 18.9. The summed E-state index contributed by atoms with van der Waals surface area (Å²) in [4.78, 5) is 9.54. The number of nitrogens with two attached hydrogens (primary N) is 3. The Morgan fingerprint density at radius 1 is 1.33 bits per heavy atom. The smallest absolute Gasteiger partial charge is 0.221 e. The van der Waals surface area contributed by atoms with Crippen LogP contribution in [0.4, 0.5) is 5.69 Å². The molecule has 94 valence electrons. The average molecular weight is 246 g/mol. The van der Waals surface area contributed by atoms with Gasteiger partial charge in [-0.3, -0.25) is 21.4 Å². The van der Waals surface area contributed by atoms with Gasteiger partial charge in [0.05, 0.1) is 0 Å². The van der Waals surface area contributed by atoms with Crippen molar-refractivity contribution in [1.29, 1.82) is 5.41 Å². The summed E-state index contributed by atoms with van der Waals surface area (Å²) in [6, 6.07) is 9.28. The van der Waals surface area contributed by atoms with E-state index in [0.717, 1.165) is 5.69 Å². The number of hydrogen-bond donors (Lipinski definition) is 5. The first kappa shape index (κ1) is 11.9. The molecule has 0 radical (unpaired) electrons. The van der Waals surface area contributed by atoms with Gasteiger partial charge in [-0.1, -0.05) is 18.2 Å². The van der Waals surface area contributed by atoms with E-state index >= 15 is 0 Å². The van der Waals surface area contributed by atoms with Gasteiger partial charge in [-0.15, -0.1) is 0 Å². The third kappa shape index (κ3) is 2.38. The van der Waals surface area contributed by atoms with E-state index in [0.29, 0.717) is 0 Å². The van der Waals surface area contributed by atoms with E-state index in [1.54, 1.807) is 4.90 Å². The van der Waals surface area contributed by atoms with Gasteiger partial charge in [0.1, 0.15) is 0 Å². The number of guanidine groups is 3. The second-order valence-corrected chi connectivity index (χ2v) is 3.58. The molecule has 1 aromatic carbocycles. The molecule has 1 aliphatic heterocycles. The monoisotopic (exact) mass is 246 g/mol. The highest BCUT2D eigenvalue weighted by molar-refractivity contribution is 6.11. The van der Waals surface area contributed by atoms with Crippen molar-refractivity contribution >= 4 is 23.6 Å². The molecule has 1 aromatic rings. The molecule has 8 heteroatoms. The molecule has 0 saturated carbocycles. The summed E-state index contributed by atoms with van der Waals surface area (Å²) < 4.78 is 0. The maximum absolute atomic E-state index is 7.25. The largest absolute Gasteiger partial charge is 0.370 e. The summed E-state index contributed by atoms with van der Waals surface area (Å²) in [7, 11) is 0. The molecule has 0 aliphatic carbocycles. The Bertz CT molecular complexity index is 506. The minimum Gasteiger partial charge on any atom is -0.370 e. The highest BCUT2D eigenvalue weighted by Crippen LogP contribution is 2.17. The van der Waals surface area contributed by atoms with Gasteiger partial charge in [0.25, 0.3) is 0 Å². The van der Waals surface area contributed by atoms with Crippen molar-refractivity contribution in [2.24, 2.45) is 27.2 Å². The number of aliphatic imine (C=N–C) groups is 2. The van der Waals surface area contributed by atoms with Crippen molar-refractivity contribution < 1.29 is 0 Å². The zero-order valence-corrected chi connectivity index (χ0v) is 9.54. The van der Waals surface area contributed by atoms with Crippen molar-refractivity contribution in [3.05, 3.63) is 30.3 Å². The molecule has 1 atom stereocenters. The highest BCUT2D eigenvalue weighted by atomic mass is 15.5. The molecule has 1 unspecified atom stereocenters. The average Bonchev–Trinajstić information content (AvgIpc) is 2.28. The van der Waals surface area contributed by atoms with E-state index in [9.17, 15) is 0 Å². The van der Waals surface area contributed by atoms with Crippen molar-refractivity contribution in [2.45, 2.75) is 6.29 Å². The van der Waals surface area contributed by atoms with Crippen LogP contribution in [-0.2, 0) is 0 Å². The van der Waals surface area contributed by atoms with Crippen molar-refractivity contribution in [2.75, 3.05) is 4.90 Å². The standard InChI is InChI=1S/C10H14N8/c11-7(12)15-10-17-8(13)16-9(14)18(10)6-4-2-1-3-5-6/h1-5,9H,14H2,(H6,11,12,13,15,16,17). The number of rotatable bonds is 1. The summed E-state index contributed by atoms with van der Waals surface area (Å²) in [6.07, 6.45) is -0.716. The van der Waals surface area contributed by atoms with E-state index in [2.05, 4.69) is 15.3 Å². The molecule has 1 aliphatic rings. The van der Waals surface area contributed by atoms with Crippen molar-refractivity contribution in [3.63, 3.8) is 0 Å². The van der Waals surface area contributed by atoms with Gasteiger partial charge in [-0.05, 0) is 12.1 Å². The van der Waals surface area contributed by atoms with E-state index < -0.39 is 6.29 Å². The number of para-hydroxylation sites is 1. The Morgan fingerprint density at radius 3 is 2.61 bits per heavy atom. The van der Waals surface area contributed by atoms with Crippen molar-refractivity contribution in [3.8, 4) is 0 Å². The fourth-order valence-electron chi connectivity index (χ4n) is 1.58. The second kappa shape index (κ2) is 4.72. The first-order valence-corrected chi connectivity index (χ1v) is 5.21. The zero-order valence-electron chi connectivity index (χ0n) is 9.54.